The van der Waals surface area contributed by atoms with Gasteiger partial charge in [0.2, 0.25) is 5.89 Å². The Hall–Kier alpha value is -2.41. The number of hydrogen-bond donors (Lipinski definition) is 2. The summed E-state index contributed by atoms with van der Waals surface area (Å²) in [4.78, 5) is 9.04. The molecule has 2 unspecified atom stereocenters. The fourth-order valence-corrected chi connectivity index (χ4v) is 3.43. The molecule has 2 aromatic rings. The predicted molar refractivity (Wildman–Crippen MR) is 109 cm³/mol. The average Bonchev–Trinajstić information content (AvgIpc) is 3.12. The van der Waals surface area contributed by atoms with Crippen LogP contribution in [0.4, 0.5) is 0 Å². The summed E-state index contributed by atoms with van der Waals surface area (Å²) in [7, 11) is 0. The lowest BCUT2D eigenvalue weighted by atomic mass is 9.89. The van der Waals surface area contributed by atoms with Gasteiger partial charge in [0, 0.05) is 38.6 Å². The first-order valence-electron chi connectivity index (χ1n) is 10.1. The van der Waals surface area contributed by atoms with Gasteiger partial charge in [-0.1, -0.05) is 35.0 Å². The molecule has 1 aromatic heterocycles. The number of rotatable bonds is 7. The zero-order chi connectivity index (χ0) is 19.8. The maximum Gasteiger partial charge on any atom is 0.228 e. The summed E-state index contributed by atoms with van der Waals surface area (Å²) >= 11 is 0. The largest absolute Gasteiger partial charge is 0.373 e. The van der Waals surface area contributed by atoms with Crippen molar-refractivity contribution >= 4 is 5.96 Å². The number of guanidine groups is 1. The molecule has 0 spiro atoms. The van der Waals surface area contributed by atoms with Crippen molar-refractivity contribution in [2.45, 2.75) is 46.1 Å². The van der Waals surface area contributed by atoms with Crippen LogP contribution in [0.25, 0.3) is 0 Å². The molecule has 152 valence electrons. The highest BCUT2D eigenvalue weighted by atomic mass is 16.5. The molecule has 1 aromatic carbocycles. The van der Waals surface area contributed by atoms with Crippen molar-refractivity contribution in [3.63, 3.8) is 0 Å². The first kappa shape index (κ1) is 20.3. The fraction of sp³-hybridized carbons (Fsp3) is 0.571. The molecule has 2 heterocycles. The van der Waals surface area contributed by atoms with E-state index in [0.29, 0.717) is 30.6 Å². The highest BCUT2D eigenvalue weighted by molar-refractivity contribution is 5.79. The van der Waals surface area contributed by atoms with Gasteiger partial charge in [-0.2, -0.15) is 4.98 Å². The van der Waals surface area contributed by atoms with E-state index in [0.717, 1.165) is 38.5 Å². The monoisotopic (exact) mass is 385 g/mol. The van der Waals surface area contributed by atoms with Crippen LogP contribution in [-0.2, 0) is 11.2 Å². The number of benzene rings is 1. The van der Waals surface area contributed by atoms with Crippen LogP contribution >= 0.6 is 0 Å². The molecule has 1 fully saturated rings. The van der Waals surface area contributed by atoms with E-state index in [-0.39, 0.29) is 6.10 Å². The Bertz CT molecular complexity index is 756. The number of aromatic nitrogens is 2. The Kier molecular flexibility index (Phi) is 7.42. The lowest BCUT2D eigenvalue weighted by Crippen LogP contribution is -2.39. The molecule has 0 radical (unpaired) electrons. The van der Waals surface area contributed by atoms with Gasteiger partial charge < -0.3 is 19.9 Å². The van der Waals surface area contributed by atoms with Gasteiger partial charge in [0.05, 0.1) is 6.10 Å². The second-order valence-electron chi connectivity index (χ2n) is 7.24. The van der Waals surface area contributed by atoms with Crippen LogP contribution in [0.2, 0.25) is 0 Å². The molecule has 2 atom stereocenters. The van der Waals surface area contributed by atoms with Crippen LogP contribution in [0.3, 0.4) is 0 Å². The second-order valence-corrected chi connectivity index (χ2v) is 7.24. The predicted octanol–water partition coefficient (Wildman–Crippen LogP) is 2.95. The maximum atomic E-state index is 6.11. The van der Waals surface area contributed by atoms with E-state index in [2.05, 4.69) is 58.9 Å². The van der Waals surface area contributed by atoms with Gasteiger partial charge in [0.25, 0.3) is 0 Å². The number of nitrogens with one attached hydrogen (secondary N) is 2. The van der Waals surface area contributed by atoms with E-state index in [4.69, 9.17) is 14.3 Å². The van der Waals surface area contributed by atoms with Gasteiger partial charge in [0.15, 0.2) is 11.8 Å². The van der Waals surface area contributed by atoms with Crippen molar-refractivity contribution in [2.75, 3.05) is 26.2 Å². The van der Waals surface area contributed by atoms with Crippen molar-refractivity contribution in [1.29, 1.82) is 0 Å². The SMILES string of the molecule is CCNC(=NCC1CCCOC1c1ccc(C)cc1)NCCc1nc(C)no1. The van der Waals surface area contributed by atoms with Crippen molar-refractivity contribution < 1.29 is 9.26 Å². The summed E-state index contributed by atoms with van der Waals surface area (Å²) in [6.07, 6.45) is 3.00. The summed E-state index contributed by atoms with van der Waals surface area (Å²) in [5.41, 5.74) is 2.51. The van der Waals surface area contributed by atoms with Gasteiger partial charge in [-0.3, -0.25) is 4.99 Å². The van der Waals surface area contributed by atoms with Crippen LogP contribution in [0, 0.1) is 19.8 Å². The van der Waals surface area contributed by atoms with E-state index in [1.165, 1.54) is 11.1 Å². The maximum absolute atomic E-state index is 6.11. The molecular formula is C21H31N5O2. The summed E-state index contributed by atoms with van der Waals surface area (Å²) in [6.45, 7) is 9.05. The number of aliphatic imine (C=N–C) groups is 1. The molecule has 1 saturated heterocycles. The van der Waals surface area contributed by atoms with Crippen LogP contribution in [-0.4, -0.2) is 42.3 Å². The number of hydrogen-bond acceptors (Lipinski definition) is 5. The third kappa shape index (κ3) is 5.79. The molecular weight excluding hydrogens is 354 g/mol. The summed E-state index contributed by atoms with van der Waals surface area (Å²) < 4.78 is 11.3. The Morgan fingerprint density at radius 1 is 1.21 bits per heavy atom. The van der Waals surface area contributed by atoms with E-state index in [9.17, 15) is 0 Å². The third-order valence-electron chi connectivity index (χ3n) is 4.88. The topological polar surface area (TPSA) is 84.6 Å². The minimum Gasteiger partial charge on any atom is -0.373 e. The van der Waals surface area contributed by atoms with Crippen LogP contribution in [0.5, 0.6) is 0 Å². The van der Waals surface area contributed by atoms with Gasteiger partial charge in [-0.15, -0.1) is 0 Å². The minimum atomic E-state index is 0.113. The van der Waals surface area contributed by atoms with E-state index >= 15 is 0 Å². The smallest absolute Gasteiger partial charge is 0.228 e. The second kappa shape index (κ2) is 10.2. The van der Waals surface area contributed by atoms with Crippen molar-refractivity contribution in [1.82, 2.24) is 20.8 Å². The molecule has 0 amide bonds. The Labute approximate surface area is 167 Å². The van der Waals surface area contributed by atoms with E-state index in [1.54, 1.807) is 0 Å². The number of aryl methyl sites for hydroxylation is 2. The molecule has 3 rings (SSSR count). The first-order valence-corrected chi connectivity index (χ1v) is 10.1. The third-order valence-corrected chi connectivity index (χ3v) is 4.88. The molecule has 0 aliphatic carbocycles. The number of nitrogens with zero attached hydrogens (tertiary/aromatic N) is 3. The molecule has 2 N–H and O–H groups in total. The molecule has 28 heavy (non-hydrogen) atoms. The van der Waals surface area contributed by atoms with Gasteiger partial charge in [0.1, 0.15) is 0 Å². The Morgan fingerprint density at radius 3 is 2.75 bits per heavy atom. The zero-order valence-corrected chi connectivity index (χ0v) is 17.1. The molecule has 7 heteroatoms. The molecule has 1 aliphatic heterocycles. The highest BCUT2D eigenvalue weighted by Gasteiger charge is 2.27. The minimum absolute atomic E-state index is 0.113. The average molecular weight is 386 g/mol. The standard InChI is InChI=1S/C21H31N5O2/c1-4-22-21(23-12-11-19-25-16(3)26-28-19)24-14-18-6-5-13-27-20(18)17-9-7-15(2)8-10-17/h7-10,18,20H,4-6,11-14H2,1-3H3,(H2,22,23,24). The van der Waals surface area contributed by atoms with Crippen LogP contribution in [0.1, 0.15) is 48.7 Å². The molecule has 0 bridgehead atoms. The van der Waals surface area contributed by atoms with E-state index in [1.807, 2.05) is 6.92 Å². The lowest BCUT2D eigenvalue weighted by molar-refractivity contribution is -0.0250. The summed E-state index contributed by atoms with van der Waals surface area (Å²) in [5.74, 6) is 2.49. The fourth-order valence-electron chi connectivity index (χ4n) is 3.43. The van der Waals surface area contributed by atoms with Gasteiger partial charge in [-0.05, 0) is 39.2 Å². The normalized spacial score (nSPS) is 20.2. The van der Waals surface area contributed by atoms with Gasteiger partial charge in [-0.25, -0.2) is 0 Å². The Balaban J connectivity index is 1.58. The molecule has 7 nitrogen and oxygen atoms in total. The lowest BCUT2D eigenvalue weighted by Gasteiger charge is -2.31. The molecule has 1 aliphatic rings. The number of ether oxygens (including phenoxy) is 1. The zero-order valence-electron chi connectivity index (χ0n) is 17.1. The van der Waals surface area contributed by atoms with Crippen molar-refractivity contribution in [3.8, 4) is 0 Å². The Morgan fingerprint density at radius 2 is 2.04 bits per heavy atom. The van der Waals surface area contributed by atoms with E-state index < -0.39 is 0 Å². The van der Waals surface area contributed by atoms with Crippen molar-refractivity contribution in [3.05, 3.63) is 47.1 Å². The summed E-state index contributed by atoms with van der Waals surface area (Å²) in [6, 6.07) is 8.66. The highest BCUT2D eigenvalue weighted by Crippen LogP contribution is 2.33. The van der Waals surface area contributed by atoms with Crippen LogP contribution in [0.15, 0.2) is 33.8 Å². The first-order chi connectivity index (χ1) is 13.7. The van der Waals surface area contributed by atoms with Gasteiger partial charge >= 0.3 is 0 Å². The molecule has 0 saturated carbocycles. The van der Waals surface area contributed by atoms with Crippen molar-refractivity contribution in [2.24, 2.45) is 10.9 Å². The van der Waals surface area contributed by atoms with Crippen LogP contribution < -0.4 is 10.6 Å². The summed E-state index contributed by atoms with van der Waals surface area (Å²) in [5, 5.41) is 10.5. The quantitative estimate of drug-likeness (QED) is 0.563.